The monoisotopic (exact) mass is 157 g/mol. The van der Waals surface area contributed by atoms with Gasteiger partial charge in [-0.25, -0.2) is 4.79 Å². The van der Waals surface area contributed by atoms with Crippen LogP contribution in [0.3, 0.4) is 0 Å². The fourth-order valence-corrected chi connectivity index (χ4v) is 0.839. The molecule has 1 rings (SSSR count). The minimum Gasteiger partial charge on any atom is -0.462 e. The third-order valence-corrected chi connectivity index (χ3v) is 1.40. The Morgan fingerprint density at radius 2 is 2.55 bits per heavy atom. The van der Waals surface area contributed by atoms with Gasteiger partial charge in [-0.3, -0.25) is 0 Å². The molecule has 2 N–H and O–H groups in total. The molecule has 4 heteroatoms. The Balaban J connectivity index is 2.33. The molecule has 0 unspecified atom stereocenters. The molecule has 0 bridgehead atoms. The highest BCUT2D eigenvalue weighted by molar-refractivity contribution is 5.90. The van der Waals surface area contributed by atoms with E-state index in [0.717, 1.165) is 0 Å². The second-order valence-corrected chi connectivity index (χ2v) is 2.23. The van der Waals surface area contributed by atoms with Crippen LogP contribution in [0.5, 0.6) is 0 Å². The van der Waals surface area contributed by atoms with Crippen LogP contribution in [0.25, 0.3) is 0 Å². The molecule has 1 heterocycles. The molecule has 1 aliphatic heterocycles. The molecule has 11 heavy (non-hydrogen) atoms. The van der Waals surface area contributed by atoms with E-state index < -0.39 is 0 Å². The van der Waals surface area contributed by atoms with Gasteiger partial charge in [0.15, 0.2) is 0 Å². The van der Waals surface area contributed by atoms with E-state index in [4.69, 9.17) is 5.11 Å². The summed E-state index contributed by atoms with van der Waals surface area (Å²) in [5.74, 6) is -0.254. The summed E-state index contributed by atoms with van der Waals surface area (Å²) < 4.78 is 4.69. The highest BCUT2D eigenvalue weighted by Gasteiger charge is 2.17. The molecule has 0 amide bonds. The molecule has 4 nitrogen and oxygen atoms in total. The van der Waals surface area contributed by atoms with E-state index in [0.29, 0.717) is 25.1 Å². The van der Waals surface area contributed by atoms with Crippen molar-refractivity contribution in [1.29, 1.82) is 0 Å². The number of cyclic esters (lactones) is 1. The molecule has 0 radical (unpaired) electrons. The van der Waals surface area contributed by atoms with Crippen molar-refractivity contribution in [2.24, 2.45) is 0 Å². The maximum absolute atomic E-state index is 10.8. The van der Waals surface area contributed by atoms with E-state index in [1.807, 2.05) is 0 Å². The lowest BCUT2D eigenvalue weighted by molar-refractivity contribution is -0.135. The van der Waals surface area contributed by atoms with E-state index in [1.165, 1.54) is 0 Å². The van der Waals surface area contributed by atoms with Gasteiger partial charge in [-0.05, 0) is 0 Å². The van der Waals surface area contributed by atoms with Crippen LogP contribution < -0.4 is 5.32 Å². The molecule has 0 aromatic carbocycles. The van der Waals surface area contributed by atoms with Crippen molar-refractivity contribution in [3.05, 3.63) is 11.8 Å². The Hall–Kier alpha value is -1.03. The smallest absolute Gasteiger partial charge is 0.335 e. The van der Waals surface area contributed by atoms with Crippen LogP contribution in [0.4, 0.5) is 0 Å². The molecule has 0 aromatic heterocycles. The average molecular weight is 157 g/mol. The quantitative estimate of drug-likeness (QED) is 0.326. The van der Waals surface area contributed by atoms with Gasteiger partial charge in [0.1, 0.15) is 0 Å². The van der Waals surface area contributed by atoms with Gasteiger partial charge in [-0.15, -0.1) is 0 Å². The van der Waals surface area contributed by atoms with Crippen molar-refractivity contribution < 1.29 is 14.6 Å². The van der Waals surface area contributed by atoms with Gasteiger partial charge < -0.3 is 15.2 Å². The summed E-state index contributed by atoms with van der Waals surface area (Å²) in [7, 11) is 0. The zero-order valence-electron chi connectivity index (χ0n) is 6.17. The van der Waals surface area contributed by atoms with Crippen LogP contribution in [0.2, 0.25) is 0 Å². The Morgan fingerprint density at radius 3 is 3.09 bits per heavy atom. The predicted octanol–water partition coefficient (Wildman–Crippen LogP) is -0.601. The maximum atomic E-state index is 10.8. The molecule has 1 aliphatic rings. The van der Waals surface area contributed by atoms with Gasteiger partial charge in [0, 0.05) is 19.2 Å². The molecule has 0 aromatic rings. The van der Waals surface area contributed by atoms with Gasteiger partial charge >= 0.3 is 5.97 Å². The molecule has 62 valence electrons. The molecule has 0 aliphatic carbocycles. The highest BCUT2D eigenvalue weighted by atomic mass is 16.5. The van der Waals surface area contributed by atoms with Crippen LogP contribution in [-0.2, 0) is 9.53 Å². The second kappa shape index (κ2) is 3.98. The molecule has 1 fully saturated rings. The molecular weight excluding hydrogens is 146 g/mol. The van der Waals surface area contributed by atoms with Crippen LogP contribution in [-0.4, -0.2) is 30.8 Å². The van der Waals surface area contributed by atoms with Crippen LogP contribution in [0.15, 0.2) is 11.8 Å². The normalized spacial score (nSPS) is 20.5. The van der Waals surface area contributed by atoms with Crippen LogP contribution >= 0.6 is 0 Å². The summed E-state index contributed by atoms with van der Waals surface area (Å²) in [6.45, 7) is 1.01. The first-order valence-corrected chi connectivity index (χ1v) is 3.55. The van der Waals surface area contributed by atoms with Gasteiger partial charge in [-0.1, -0.05) is 0 Å². The standard InChI is InChI=1S/C7H11NO3/c9-3-2-8-5-6-1-4-11-7(6)10/h5,8-9H,1-4H2/b6-5+. The number of esters is 1. The number of aliphatic hydroxyl groups excluding tert-OH is 1. The molecular formula is C7H11NO3. The second-order valence-electron chi connectivity index (χ2n) is 2.23. The minimum atomic E-state index is -0.254. The Bertz CT molecular complexity index is 177. The Labute approximate surface area is 64.9 Å². The van der Waals surface area contributed by atoms with Crippen molar-refractivity contribution in [2.45, 2.75) is 6.42 Å². The summed E-state index contributed by atoms with van der Waals surface area (Å²) in [6.07, 6.45) is 2.27. The zero-order valence-corrected chi connectivity index (χ0v) is 6.17. The lowest BCUT2D eigenvalue weighted by atomic mass is 10.2. The summed E-state index contributed by atoms with van der Waals surface area (Å²) in [6, 6.07) is 0. The molecule has 0 spiro atoms. The number of aliphatic hydroxyl groups is 1. The fraction of sp³-hybridized carbons (Fsp3) is 0.571. The van der Waals surface area contributed by atoms with E-state index >= 15 is 0 Å². The first-order chi connectivity index (χ1) is 5.34. The Morgan fingerprint density at radius 1 is 1.73 bits per heavy atom. The third-order valence-electron chi connectivity index (χ3n) is 1.40. The molecule has 0 atom stereocenters. The number of rotatable bonds is 3. The van der Waals surface area contributed by atoms with Gasteiger partial charge in [0.2, 0.25) is 0 Å². The Kier molecular flexibility index (Phi) is 2.92. The first kappa shape index (κ1) is 8.07. The van der Waals surface area contributed by atoms with Crippen LogP contribution in [0.1, 0.15) is 6.42 Å². The predicted molar refractivity (Wildman–Crippen MR) is 38.7 cm³/mol. The van der Waals surface area contributed by atoms with Crippen LogP contribution in [0, 0.1) is 0 Å². The number of ether oxygens (including phenoxy) is 1. The van der Waals surface area contributed by atoms with E-state index in [-0.39, 0.29) is 12.6 Å². The van der Waals surface area contributed by atoms with E-state index in [2.05, 4.69) is 10.1 Å². The topological polar surface area (TPSA) is 58.6 Å². The lowest BCUT2D eigenvalue weighted by Crippen LogP contribution is -2.12. The summed E-state index contributed by atoms with van der Waals surface area (Å²) in [4.78, 5) is 10.8. The maximum Gasteiger partial charge on any atom is 0.335 e. The van der Waals surface area contributed by atoms with E-state index in [1.54, 1.807) is 6.20 Å². The number of carbonyl (C=O) groups is 1. The molecule has 1 saturated heterocycles. The van der Waals surface area contributed by atoms with Crippen molar-refractivity contribution in [1.82, 2.24) is 5.32 Å². The summed E-state index contributed by atoms with van der Waals surface area (Å²) in [5, 5.41) is 11.2. The van der Waals surface area contributed by atoms with Crippen molar-refractivity contribution in [2.75, 3.05) is 19.8 Å². The number of nitrogens with one attached hydrogen (secondary N) is 1. The zero-order chi connectivity index (χ0) is 8.10. The lowest BCUT2D eigenvalue weighted by Gasteiger charge is -1.95. The highest BCUT2D eigenvalue weighted by Crippen LogP contribution is 2.10. The summed E-state index contributed by atoms with van der Waals surface area (Å²) >= 11 is 0. The summed E-state index contributed by atoms with van der Waals surface area (Å²) in [5.41, 5.74) is 0.651. The minimum absolute atomic E-state index is 0.0683. The van der Waals surface area contributed by atoms with Crippen molar-refractivity contribution >= 4 is 5.97 Å². The van der Waals surface area contributed by atoms with Gasteiger partial charge in [-0.2, -0.15) is 0 Å². The number of carbonyl (C=O) groups excluding carboxylic acids is 1. The van der Waals surface area contributed by atoms with Gasteiger partial charge in [0.05, 0.1) is 18.8 Å². The number of hydrogen-bond acceptors (Lipinski definition) is 4. The van der Waals surface area contributed by atoms with Crippen molar-refractivity contribution in [3.63, 3.8) is 0 Å². The third kappa shape index (κ3) is 2.23. The largest absolute Gasteiger partial charge is 0.462 e. The van der Waals surface area contributed by atoms with Gasteiger partial charge in [0.25, 0.3) is 0 Å². The number of hydrogen-bond donors (Lipinski definition) is 2. The first-order valence-electron chi connectivity index (χ1n) is 3.55. The molecule has 0 saturated carbocycles. The van der Waals surface area contributed by atoms with E-state index in [9.17, 15) is 4.79 Å². The average Bonchev–Trinajstić information content (AvgIpc) is 2.37. The SMILES string of the molecule is O=C1OCC/C1=C\NCCO. The van der Waals surface area contributed by atoms with Crippen molar-refractivity contribution in [3.8, 4) is 0 Å². The fourth-order valence-electron chi connectivity index (χ4n) is 0.839.